The van der Waals surface area contributed by atoms with E-state index in [0.29, 0.717) is 18.2 Å². The van der Waals surface area contributed by atoms with Gasteiger partial charge < -0.3 is 15.3 Å². The molecule has 0 bridgehead atoms. The first kappa shape index (κ1) is 21.5. The van der Waals surface area contributed by atoms with Crippen LogP contribution in [0.1, 0.15) is 74.3 Å². The second-order valence-electron chi connectivity index (χ2n) is 11.1. The van der Waals surface area contributed by atoms with Gasteiger partial charge in [-0.3, -0.25) is 4.21 Å². The lowest BCUT2D eigenvalue weighted by atomic mass is 9.77. The van der Waals surface area contributed by atoms with Gasteiger partial charge in [0.1, 0.15) is 10.7 Å². The van der Waals surface area contributed by atoms with Crippen LogP contribution in [0, 0.1) is 0 Å². The predicted molar refractivity (Wildman–Crippen MR) is 132 cm³/mol. The molecule has 0 spiro atoms. The molecule has 2 N–H and O–H groups in total. The van der Waals surface area contributed by atoms with Gasteiger partial charge in [0, 0.05) is 19.5 Å². The fourth-order valence-corrected chi connectivity index (χ4v) is 7.25. The number of piperidine rings is 1. The molecule has 2 aliphatic heterocycles. The maximum absolute atomic E-state index is 13.3. The van der Waals surface area contributed by atoms with Crippen molar-refractivity contribution in [2.24, 2.45) is 0 Å². The average Bonchev–Trinajstić information content (AvgIpc) is 3.00. The average molecular weight is 467 g/mol. The van der Waals surface area contributed by atoms with Crippen molar-refractivity contribution in [3.05, 3.63) is 40.6 Å². The summed E-state index contributed by atoms with van der Waals surface area (Å²) in [5.74, 6) is 2.02. The minimum Gasteiger partial charge on any atom is -0.394 e. The number of aliphatic hydroxyl groups is 1. The molecular weight excluding hydrogens is 432 g/mol. The van der Waals surface area contributed by atoms with Crippen LogP contribution < -0.4 is 10.2 Å². The number of aromatic nitrogens is 2. The minimum atomic E-state index is -1.16. The number of nitrogens with one attached hydrogen (secondary N) is 1. The maximum atomic E-state index is 13.3. The fourth-order valence-electron chi connectivity index (χ4n) is 5.83. The zero-order chi connectivity index (χ0) is 22.8. The van der Waals surface area contributed by atoms with Crippen LogP contribution in [0.15, 0.2) is 23.1 Å². The van der Waals surface area contributed by atoms with Crippen LogP contribution in [-0.2, 0) is 30.1 Å². The molecule has 2 fully saturated rings. The van der Waals surface area contributed by atoms with Gasteiger partial charge in [-0.05, 0) is 81.4 Å². The molecule has 0 amide bonds. The molecule has 33 heavy (non-hydrogen) atoms. The van der Waals surface area contributed by atoms with Crippen molar-refractivity contribution >= 4 is 22.6 Å². The Morgan fingerprint density at radius 2 is 1.91 bits per heavy atom. The summed E-state index contributed by atoms with van der Waals surface area (Å²) in [6.07, 6.45) is 8.28. The van der Waals surface area contributed by atoms with E-state index in [1.165, 1.54) is 29.5 Å². The van der Waals surface area contributed by atoms with Gasteiger partial charge in [-0.2, -0.15) is 4.98 Å². The Labute approximate surface area is 198 Å². The first-order valence-electron chi connectivity index (χ1n) is 12.5. The SMILES string of the molecule is CC1(C)Cc2nc(N3CCC(c4ccc5c(c4)CC5)CC3)nc(NC3(CO)CCC3)c2[S@]1=O. The van der Waals surface area contributed by atoms with E-state index in [1.807, 2.05) is 13.8 Å². The molecule has 1 atom stereocenters. The van der Waals surface area contributed by atoms with E-state index in [1.54, 1.807) is 0 Å². The first-order valence-corrected chi connectivity index (χ1v) is 13.6. The van der Waals surface area contributed by atoms with Crippen LogP contribution in [0.4, 0.5) is 11.8 Å². The van der Waals surface area contributed by atoms with E-state index >= 15 is 0 Å². The third-order valence-corrected chi connectivity index (χ3v) is 10.3. The van der Waals surface area contributed by atoms with E-state index in [9.17, 15) is 9.32 Å². The van der Waals surface area contributed by atoms with Gasteiger partial charge in [0.2, 0.25) is 5.95 Å². The Balaban J connectivity index is 1.26. The van der Waals surface area contributed by atoms with Crippen LogP contribution in [0.5, 0.6) is 0 Å². The Bertz CT molecular complexity index is 1110. The molecule has 7 heteroatoms. The Morgan fingerprint density at radius 3 is 2.52 bits per heavy atom. The lowest BCUT2D eigenvalue weighted by molar-refractivity contribution is 0.143. The summed E-state index contributed by atoms with van der Waals surface area (Å²) < 4.78 is 12.9. The lowest BCUT2D eigenvalue weighted by Gasteiger charge is -2.42. The van der Waals surface area contributed by atoms with Crippen molar-refractivity contribution in [3.63, 3.8) is 0 Å². The van der Waals surface area contributed by atoms with Crippen molar-refractivity contribution < 1.29 is 9.32 Å². The third kappa shape index (κ3) is 3.59. The molecule has 1 saturated carbocycles. The Hall–Kier alpha value is -1.99. The van der Waals surface area contributed by atoms with Crippen molar-refractivity contribution in [2.75, 3.05) is 29.9 Å². The van der Waals surface area contributed by atoms with Crippen LogP contribution in [0.3, 0.4) is 0 Å². The van der Waals surface area contributed by atoms with Crippen molar-refractivity contribution in [1.29, 1.82) is 0 Å². The van der Waals surface area contributed by atoms with E-state index in [2.05, 4.69) is 28.4 Å². The number of hydrogen-bond acceptors (Lipinski definition) is 6. The number of hydrogen-bond donors (Lipinski definition) is 2. The Kier molecular flexibility index (Phi) is 5.07. The summed E-state index contributed by atoms with van der Waals surface area (Å²) in [5, 5.41) is 13.5. The zero-order valence-electron chi connectivity index (χ0n) is 19.7. The topological polar surface area (TPSA) is 78.3 Å². The molecule has 4 aliphatic rings. The number of fused-ring (bicyclic) bond motifs is 2. The number of nitrogens with zero attached hydrogens (tertiary/aromatic N) is 3. The van der Waals surface area contributed by atoms with E-state index < -0.39 is 10.8 Å². The van der Waals surface area contributed by atoms with Crippen LogP contribution in [0.2, 0.25) is 0 Å². The van der Waals surface area contributed by atoms with Gasteiger partial charge in [-0.1, -0.05) is 18.2 Å². The summed E-state index contributed by atoms with van der Waals surface area (Å²) >= 11 is 0. The number of benzene rings is 1. The quantitative estimate of drug-likeness (QED) is 0.699. The molecule has 1 aromatic carbocycles. The standard InChI is InChI=1S/C26H34N4O2S/c1-25(2)15-21-22(33(25)32)23(29-26(16-31)10-3-11-26)28-24(27-21)30-12-8-18(9-13-30)20-7-5-17-4-6-19(17)14-20/h5,7,14,18,31H,3-4,6,8-13,15-16H2,1-2H3,(H,27,28,29)/t33-/m1/s1. The Morgan fingerprint density at radius 1 is 1.15 bits per heavy atom. The van der Waals surface area contributed by atoms with Crippen LogP contribution in [-0.4, -0.2) is 49.3 Å². The van der Waals surface area contributed by atoms with Gasteiger partial charge >= 0.3 is 0 Å². The number of aryl methyl sites for hydroxylation is 2. The van der Waals surface area contributed by atoms with E-state index in [4.69, 9.17) is 9.97 Å². The highest BCUT2D eigenvalue weighted by Crippen LogP contribution is 2.43. The summed E-state index contributed by atoms with van der Waals surface area (Å²) in [5.41, 5.74) is 5.12. The van der Waals surface area contributed by atoms with Crippen LogP contribution in [0.25, 0.3) is 0 Å². The molecular formula is C26H34N4O2S. The molecule has 3 heterocycles. The highest BCUT2D eigenvalue weighted by Gasteiger charge is 2.44. The monoisotopic (exact) mass is 466 g/mol. The summed E-state index contributed by atoms with van der Waals surface area (Å²) in [7, 11) is -1.16. The molecule has 0 radical (unpaired) electrons. The summed E-state index contributed by atoms with van der Waals surface area (Å²) in [4.78, 5) is 12.9. The van der Waals surface area contributed by atoms with Crippen molar-refractivity contribution in [3.8, 4) is 0 Å². The summed E-state index contributed by atoms with van der Waals surface area (Å²) in [6, 6.07) is 7.08. The van der Waals surface area contributed by atoms with Crippen molar-refractivity contribution in [1.82, 2.24) is 9.97 Å². The second kappa shape index (κ2) is 7.77. The first-order chi connectivity index (χ1) is 15.9. The highest BCUT2D eigenvalue weighted by atomic mass is 32.2. The zero-order valence-corrected chi connectivity index (χ0v) is 20.5. The van der Waals surface area contributed by atoms with Gasteiger partial charge in [0.05, 0.1) is 33.4 Å². The second-order valence-corrected chi connectivity index (χ2v) is 13.1. The van der Waals surface area contributed by atoms with Gasteiger partial charge in [-0.15, -0.1) is 0 Å². The van der Waals surface area contributed by atoms with Gasteiger partial charge in [0.25, 0.3) is 0 Å². The molecule has 176 valence electrons. The number of rotatable bonds is 5. The molecule has 0 unspecified atom stereocenters. The predicted octanol–water partition coefficient (Wildman–Crippen LogP) is 3.73. The van der Waals surface area contributed by atoms with Gasteiger partial charge in [-0.25, -0.2) is 4.98 Å². The lowest BCUT2D eigenvalue weighted by Crippen LogP contribution is -2.49. The molecule has 2 aromatic rings. The number of aliphatic hydroxyl groups excluding tert-OH is 1. The maximum Gasteiger partial charge on any atom is 0.227 e. The third-order valence-electron chi connectivity index (χ3n) is 8.34. The normalized spacial score (nSPS) is 25.1. The number of anilines is 2. The van der Waals surface area contributed by atoms with Crippen LogP contribution >= 0.6 is 0 Å². The van der Waals surface area contributed by atoms with Crippen molar-refractivity contribution in [2.45, 2.75) is 86.3 Å². The van der Waals surface area contributed by atoms with E-state index in [-0.39, 0.29) is 16.9 Å². The fraction of sp³-hybridized carbons (Fsp3) is 0.615. The largest absolute Gasteiger partial charge is 0.394 e. The molecule has 1 aromatic heterocycles. The van der Waals surface area contributed by atoms with Gasteiger partial charge in [0.15, 0.2) is 0 Å². The molecule has 6 nitrogen and oxygen atoms in total. The van der Waals surface area contributed by atoms with E-state index in [0.717, 1.165) is 61.7 Å². The molecule has 2 aliphatic carbocycles. The highest BCUT2D eigenvalue weighted by molar-refractivity contribution is 7.87. The molecule has 1 saturated heterocycles. The minimum absolute atomic E-state index is 0.0727. The summed E-state index contributed by atoms with van der Waals surface area (Å²) in [6.45, 7) is 6.01. The molecule has 6 rings (SSSR count). The smallest absolute Gasteiger partial charge is 0.227 e.